The Balaban J connectivity index is 1.93. The molecule has 0 unspecified atom stereocenters. The highest BCUT2D eigenvalue weighted by Crippen LogP contribution is 2.48. The van der Waals surface area contributed by atoms with Crippen LogP contribution in [0.5, 0.6) is 0 Å². The molecule has 0 aliphatic heterocycles. The normalized spacial score (nSPS) is 21.2. The molecule has 0 radical (unpaired) electrons. The van der Waals surface area contributed by atoms with E-state index < -0.39 is 0 Å². The largest absolute Gasteiger partial charge is 0.297 e. The second-order valence-electron chi connectivity index (χ2n) is 5.99. The first-order valence-electron chi connectivity index (χ1n) is 6.69. The topological polar surface area (TPSA) is 34.4 Å². The van der Waals surface area contributed by atoms with E-state index in [2.05, 4.69) is 19.1 Å². The lowest BCUT2D eigenvalue weighted by molar-refractivity contribution is 0.111. The minimum Gasteiger partial charge on any atom is -0.297 e. The molecular weight excluding hydrogens is 224 g/mol. The summed E-state index contributed by atoms with van der Waals surface area (Å²) in [5.41, 5.74) is 4.18. The van der Waals surface area contributed by atoms with Gasteiger partial charge < -0.3 is 0 Å². The maximum absolute atomic E-state index is 11.3. The van der Waals surface area contributed by atoms with Gasteiger partial charge in [-0.3, -0.25) is 9.20 Å². The third-order valence-corrected chi connectivity index (χ3v) is 4.42. The Labute approximate surface area is 106 Å². The van der Waals surface area contributed by atoms with Crippen molar-refractivity contribution in [2.45, 2.75) is 43.9 Å². The summed E-state index contributed by atoms with van der Waals surface area (Å²) in [6.45, 7) is 2.20. The van der Waals surface area contributed by atoms with Crippen LogP contribution in [0.15, 0.2) is 18.3 Å². The van der Waals surface area contributed by atoms with Gasteiger partial charge in [-0.05, 0) is 49.3 Å². The minimum atomic E-state index is 0.141. The molecular formula is C15H16N2O. The molecule has 18 heavy (non-hydrogen) atoms. The SMILES string of the molecule is CC1(c2nc3cc(C4CC4)ccn3c2C=O)CC1. The third-order valence-electron chi connectivity index (χ3n) is 4.42. The zero-order valence-corrected chi connectivity index (χ0v) is 10.5. The summed E-state index contributed by atoms with van der Waals surface area (Å²) in [6, 6.07) is 4.29. The summed E-state index contributed by atoms with van der Waals surface area (Å²) >= 11 is 0. The van der Waals surface area contributed by atoms with Crippen LogP contribution in [0.25, 0.3) is 5.65 Å². The molecule has 3 heteroatoms. The number of carbonyl (C=O) groups is 1. The van der Waals surface area contributed by atoms with Crippen molar-refractivity contribution in [1.29, 1.82) is 0 Å². The van der Waals surface area contributed by atoms with Gasteiger partial charge in [0.15, 0.2) is 6.29 Å². The van der Waals surface area contributed by atoms with Crippen molar-refractivity contribution in [3.63, 3.8) is 0 Å². The van der Waals surface area contributed by atoms with Crippen molar-refractivity contribution in [3.05, 3.63) is 35.3 Å². The Morgan fingerprint density at radius 2 is 2.22 bits per heavy atom. The van der Waals surface area contributed by atoms with Crippen LogP contribution in [0.2, 0.25) is 0 Å². The van der Waals surface area contributed by atoms with Crippen LogP contribution in [0, 0.1) is 0 Å². The fourth-order valence-electron chi connectivity index (χ4n) is 2.73. The van der Waals surface area contributed by atoms with Gasteiger partial charge >= 0.3 is 0 Å². The molecule has 0 N–H and O–H groups in total. The van der Waals surface area contributed by atoms with Gasteiger partial charge in [-0.2, -0.15) is 0 Å². The van der Waals surface area contributed by atoms with Gasteiger partial charge in [0, 0.05) is 11.6 Å². The van der Waals surface area contributed by atoms with Crippen molar-refractivity contribution in [1.82, 2.24) is 9.38 Å². The second-order valence-corrected chi connectivity index (χ2v) is 5.99. The average Bonchev–Trinajstić information content (AvgIpc) is 3.28. The predicted octanol–water partition coefficient (Wildman–Crippen LogP) is 3.08. The fraction of sp³-hybridized carbons (Fsp3) is 0.467. The highest BCUT2D eigenvalue weighted by Gasteiger charge is 2.43. The van der Waals surface area contributed by atoms with Crippen LogP contribution in [-0.2, 0) is 5.41 Å². The number of carbonyl (C=O) groups excluding carboxylic acids is 1. The summed E-state index contributed by atoms with van der Waals surface area (Å²) in [5, 5.41) is 0. The Morgan fingerprint density at radius 1 is 1.44 bits per heavy atom. The molecule has 0 atom stereocenters. The lowest BCUT2D eigenvalue weighted by Crippen LogP contribution is -2.05. The van der Waals surface area contributed by atoms with Gasteiger partial charge in [-0.1, -0.05) is 6.92 Å². The molecule has 0 aromatic carbocycles. The van der Waals surface area contributed by atoms with Crippen LogP contribution < -0.4 is 0 Å². The molecule has 2 aromatic heterocycles. The van der Waals surface area contributed by atoms with Crippen LogP contribution in [-0.4, -0.2) is 15.7 Å². The Morgan fingerprint density at radius 3 is 2.83 bits per heavy atom. The van der Waals surface area contributed by atoms with E-state index >= 15 is 0 Å². The van der Waals surface area contributed by atoms with E-state index in [1.165, 1.54) is 18.4 Å². The molecule has 2 aromatic rings. The molecule has 2 fully saturated rings. The zero-order valence-electron chi connectivity index (χ0n) is 10.5. The number of hydrogen-bond acceptors (Lipinski definition) is 2. The van der Waals surface area contributed by atoms with Gasteiger partial charge in [0.2, 0.25) is 0 Å². The molecule has 2 heterocycles. The lowest BCUT2D eigenvalue weighted by Gasteiger charge is -2.04. The maximum atomic E-state index is 11.3. The van der Waals surface area contributed by atoms with Crippen LogP contribution in [0.4, 0.5) is 0 Å². The van der Waals surface area contributed by atoms with Crippen molar-refractivity contribution in [3.8, 4) is 0 Å². The standard InChI is InChI=1S/C15H16N2O/c1-15(5-6-15)14-12(9-18)17-7-4-11(10-2-3-10)8-13(17)16-14/h4,7-10H,2-3,5-6H2,1H3. The van der Waals surface area contributed by atoms with Gasteiger partial charge in [-0.15, -0.1) is 0 Å². The number of hydrogen-bond donors (Lipinski definition) is 0. The molecule has 3 nitrogen and oxygen atoms in total. The minimum absolute atomic E-state index is 0.141. The average molecular weight is 240 g/mol. The first kappa shape index (κ1) is 10.3. The van der Waals surface area contributed by atoms with Crippen LogP contribution >= 0.6 is 0 Å². The quantitative estimate of drug-likeness (QED) is 0.773. The molecule has 0 bridgehead atoms. The Hall–Kier alpha value is -1.64. The first-order valence-corrected chi connectivity index (χ1v) is 6.69. The highest BCUT2D eigenvalue weighted by molar-refractivity contribution is 5.77. The molecule has 2 aliphatic carbocycles. The predicted molar refractivity (Wildman–Crippen MR) is 69.1 cm³/mol. The van der Waals surface area contributed by atoms with E-state index in [1.807, 2.05) is 10.6 Å². The van der Waals surface area contributed by atoms with Gasteiger partial charge in [0.05, 0.1) is 5.69 Å². The number of aldehydes is 1. The molecule has 0 spiro atoms. The molecule has 2 aliphatic rings. The van der Waals surface area contributed by atoms with E-state index in [1.54, 1.807) is 0 Å². The first-order chi connectivity index (χ1) is 8.71. The van der Waals surface area contributed by atoms with Gasteiger partial charge in [-0.25, -0.2) is 4.98 Å². The Bertz CT molecular complexity index is 648. The summed E-state index contributed by atoms with van der Waals surface area (Å²) < 4.78 is 1.94. The molecule has 2 saturated carbocycles. The Kier molecular flexibility index (Phi) is 1.84. The number of imidazole rings is 1. The molecule has 0 saturated heterocycles. The highest BCUT2D eigenvalue weighted by atomic mass is 16.1. The van der Waals surface area contributed by atoms with Crippen molar-refractivity contribution >= 4 is 11.9 Å². The number of nitrogens with zero attached hydrogens (tertiary/aromatic N) is 2. The number of fused-ring (bicyclic) bond motifs is 1. The van der Waals surface area contributed by atoms with Crippen molar-refractivity contribution < 1.29 is 4.79 Å². The maximum Gasteiger partial charge on any atom is 0.168 e. The van der Waals surface area contributed by atoms with E-state index in [0.717, 1.165) is 42.1 Å². The number of aromatic nitrogens is 2. The molecule has 4 rings (SSSR count). The summed E-state index contributed by atoms with van der Waals surface area (Å²) in [6.07, 6.45) is 7.84. The number of pyridine rings is 1. The van der Waals surface area contributed by atoms with Crippen molar-refractivity contribution in [2.24, 2.45) is 0 Å². The van der Waals surface area contributed by atoms with Gasteiger partial charge in [0.1, 0.15) is 11.3 Å². The summed E-state index contributed by atoms with van der Waals surface area (Å²) in [7, 11) is 0. The zero-order chi connectivity index (χ0) is 12.3. The van der Waals surface area contributed by atoms with Crippen LogP contribution in [0.1, 0.15) is 60.3 Å². The van der Waals surface area contributed by atoms with Crippen molar-refractivity contribution in [2.75, 3.05) is 0 Å². The fourth-order valence-corrected chi connectivity index (χ4v) is 2.73. The second kappa shape index (κ2) is 3.22. The monoisotopic (exact) mass is 240 g/mol. The summed E-state index contributed by atoms with van der Waals surface area (Å²) in [5.74, 6) is 0.728. The number of rotatable bonds is 3. The van der Waals surface area contributed by atoms with Gasteiger partial charge in [0.25, 0.3) is 0 Å². The van der Waals surface area contributed by atoms with Crippen LogP contribution in [0.3, 0.4) is 0 Å². The smallest absolute Gasteiger partial charge is 0.168 e. The summed E-state index contributed by atoms with van der Waals surface area (Å²) in [4.78, 5) is 16.1. The van der Waals surface area contributed by atoms with E-state index in [4.69, 9.17) is 4.98 Å². The lowest BCUT2D eigenvalue weighted by atomic mass is 10.0. The van der Waals surface area contributed by atoms with E-state index in [0.29, 0.717) is 0 Å². The van der Waals surface area contributed by atoms with E-state index in [-0.39, 0.29) is 5.41 Å². The molecule has 92 valence electrons. The van der Waals surface area contributed by atoms with E-state index in [9.17, 15) is 4.79 Å². The molecule has 0 amide bonds. The third kappa shape index (κ3) is 1.36.